The van der Waals surface area contributed by atoms with E-state index < -0.39 is 37.1 Å². The normalized spacial score (nSPS) is 11.5. The van der Waals surface area contributed by atoms with Crippen molar-refractivity contribution in [3.8, 4) is 23.3 Å². The second-order valence-corrected chi connectivity index (χ2v) is 9.34. The fraction of sp³-hybridized carbons (Fsp3) is 0.211. The largest absolute Gasteiger partial charge is 0.471 e. The standard InChI is InChI=1S/C19H16Cl2N5O8P/c1-9(2)12-5-11(7-25(18(12)28)8-33-35(30,31)32)34-16-13(20)3-10(4-14(16)21)26-19(29)23-17(27)15(6-22)24-26/h3-5,7,9H,8H2,1-2H3,(H,23,27,29)(H2,30,31,32). The van der Waals surface area contributed by atoms with Crippen LogP contribution in [0.4, 0.5) is 0 Å². The van der Waals surface area contributed by atoms with E-state index in [-0.39, 0.29) is 38.7 Å². The molecule has 0 spiro atoms. The fourth-order valence-corrected chi connectivity index (χ4v) is 3.69. The number of nitriles is 1. The third-order valence-electron chi connectivity index (χ3n) is 4.46. The molecule has 2 heterocycles. The highest BCUT2D eigenvalue weighted by molar-refractivity contribution is 7.46. The van der Waals surface area contributed by atoms with Crippen LogP contribution in [-0.2, 0) is 15.8 Å². The summed E-state index contributed by atoms with van der Waals surface area (Å²) >= 11 is 12.6. The molecule has 0 saturated carbocycles. The maximum atomic E-state index is 12.6. The zero-order valence-corrected chi connectivity index (χ0v) is 20.3. The van der Waals surface area contributed by atoms with E-state index in [0.717, 1.165) is 15.4 Å². The van der Waals surface area contributed by atoms with Crippen molar-refractivity contribution in [3.63, 3.8) is 0 Å². The Bertz CT molecular complexity index is 1540. The van der Waals surface area contributed by atoms with Gasteiger partial charge in [-0.2, -0.15) is 9.94 Å². The minimum Gasteiger partial charge on any atom is -0.453 e. The molecular weight excluding hydrogens is 528 g/mol. The number of ether oxygens (including phenoxy) is 1. The van der Waals surface area contributed by atoms with Crippen LogP contribution in [0.25, 0.3) is 5.69 Å². The summed E-state index contributed by atoms with van der Waals surface area (Å²) in [6.45, 7) is 2.71. The Labute approximate surface area is 205 Å². The second-order valence-electron chi connectivity index (χ2n) is 7.28. The first-order chi connectivity index (χ1) is 16.3. The van der Waals surface area contributed by atoms with Gasteiger partial charge in [0.2, 0.25) is 5.69 Å². The van der Waals surface area contributed by atoms with Gasteiger partial charge in [-0.05, 0) is 24.1 Å². The number of halogens is 2. The lowest BCUT2D eigenvalue weighted by Gasteiger charge is -2.16. The number of hydrogen-bond acceptors (Lipinski definition) is 8. The molecule has 16 heteroatoms. The van der Waals surface area contributed by atoms with E-state index in [9.17, 15) is 18.9 Å². The van der Waals surface area contributed by atoms with Gasteiger partial charge in [-0.15, -0.1) is 5.10 Å². The number of aromatic amines is 1. The predicted octanol–water partition coefficient (Wildman–Crippen LogP) is 2.24. The molecule has 0 aliphatic heterocycles. The molecule has 0 aliphatic carbocycles. The summed E-state index contributed by atoms with van der Waals surface area (Å²) in [5.74, 6) is -0.315. The number of nitrogens with zero attached hydrogens (tertiary/aromatic N) is 4. The molecule has 0 radical (unpaired) electrons. The summed E-state index contributed by atoms with van der Waals surface area (Å²) in [6, 6.07) is 5.45. The molecule has 35 heavy (non-hydrogen) atoms. The molecule has 0 aliphatic rings. The molecule has 3 rings (SSSR count). The molecule has 1 aromatic carbocycles. The molecule has 13 nitrogen and oxygen atoms in total. The molecule has 0 unspecified atom stereocenters. The number of nitrogens with one attached hydrogen (secondary N) is 1. The van der Waals surface area contributed by atoms with Crippen molar-refractivity contribution < 1.29 is 23.6 Å². The molecule has 3 N–H and O–H groups in total. The fourth-order valence-electron chi connectivity index (χ4n) is 2.87. The van der Waals surface area contributed by atoms with Gasteiger partial charge >= 0.3 is 13.5 Å². The van der Waals surface area contributed by atoms with Crippen LogP contribution >= 0.6 is 31.0 Å². The smallest absolute Gasteiger partial charge is 0.453 e. The van der Waals surface area contributed by atoms with Crippen LogP contribution < -0.4 is 21.5 Å². The minimum absolute atomic E-state index is 0.0213. The van der Waals surface area contributed by atoms with Gasteiger partial charge in [-0.1, -0.05) is 37.0 Å². The van der Waals surface area contributed by atoms with Crippen molar-refractivity contribution >= 4 is 31.0 Å². The van der Waals surface area contributed by atoms with Crippen molar-refractivity contribution in [1.82, 2.24) is 19.3 Å². The lowest BCUT2D eigenvalue weighted by molar-refractivity contribution is 0.150. The first-order valence-corrected chi connectivity index (χ1v) is 11.8. The zero-order valence-electron chi connectivity index (χ0n) is 17.9. The Morgan fingerprint density at radius 3 is 2.37 bits per heavy atom. The Balaban J connectivity index is 2.05. The van der Waals surface area contributed by atoms with E-state index in [1.165, 1.54) is 18.2 Å². The van der Waals surface area contributed by atoms with Crippen molar-refractivity contribution in [2.24, 2.45) is 0 Å². The van der Waals surface area contributed by atoms with Crippen LogP contribution in [0.1, 0.15) is 31.0 Å². The molecule has 184 valence electrons. The summed E-state index contributed by atoms with van der Waals surface area (Å²) in [7, 11) is -4.85. The number of rotatable bonds is 7. The van der Waals surface area contributed by atoms with Crippen molar-refractivity contribution in [1.29, 1.82) is 5.26 Å². The van der Waals surface area contributed by atoms with E-state index in [4.69, 9.17) is 43.0 Å². The average Bonchev–Trinajstić information content (AvgIpc) is 2.75. The number of benzene rings is 1. The highest BCUT2D eigenvalue weighted by Gasteiger charge is 2.19. The van der Waals surface area contributed by atoms with Gasteiger partial charge in [0.1, 0.15) is 18.5 Å². The molecule has 0 saturated heterocycles. The number of hydrogen-bond donors (Lipinski definition) is 3. The van der Waals surface area contributed by atoms with E-state index in [0.29, 0.717) is 0 Å². The number of pyridine rings is 1. The third-order valence-corrected chi connectivity index (χ3v) is 5.47. The molecule has 0 bridgehead atoms. The van der Waals surface area contributed by atoms with Crippen LogP contribution in [-0.4, -0.2) is 29.1 Å². The van der Waals surface area contributed by atoms with Gasteiger partial charge in [-0.25, -0.2) is 9.36 Å². The maximum absolute atomic E-state index is 12.6. The summed E-state index contributed by atoms with van der Waals surface area (Å²) < 4.78 is 22.9. The maximum Gasteiger partial charge on any atom is 0.471 e. The molecule has 0 atom stereocenters. The quantitative estimate of drug-likeness (QED) is 0.372. The Morgan fingerprint density at radius 1 is 1.20 bits per heavy atom. The van der Waals surface area contributed by atoms with Gasteiger partial charge in [0.25, 0.3) is 11.1 Å². The predicted molar refractivity (Wildman–Crippen MR) is 123 cm³/mol. The minimum atomic E-state index is -4.85. The van der Waals surface area contributed by atoms with E-state index >= 15 is 0 Å². The first-order valence-electron chi connectivity index (χ1n) is 9.56. The molecule has 0 fully saturated rings. The SMILES string of the molecule is CC(C)c1cc(Oc2c(Cl)cc(-n3nc(C#N)c(=O)[nH]c3=O)cc2Cl)cn(COP(=O)(O)O)c1=O. The van der Waals surface area contributed by atoms with Gasteiger partial charge in [0.05, 0.1) is 21.9 Å². The topological polar surface area (TPSA) is 190 Å². The van der Waals surface area contributed by atoms with Crippen LogP contribution in [0.15, 0.2) is 38.8 Å². The van der Waals surface area contributed by atoms with Crippen LogP contribution in [0.3, 0.4) is 0 Å². The molecule has 0 amide bonds. The lowest BCUT2D eigenvalue weighted by atomic mass is 10.1. The number of phosphoric ester groups is 1. The highest BCUT2D eigenvalue weighted by atomic mass is 35.5. The van der Waals surface area contributed by atoms with E-state index in [1.54, 1.807) is 19.9 Å². The Hall–Kier alpha value is -3.24. The first kappa shape index (κ1) is 26.4. The molecule has 2 aromatic heterocycles. The van der Waals surface area contributed by atoms with Crippen molar-refractivity contribution in [2.75, 3.05) is 0 Å². The van der Waals surface area contributed by atoms with Crippen LogP contribution in [0, 0.1) is 11.3 Å². The highest BCUT2D eigenvalue weighted by Crippen LogP contribution is 2.39. The summed E-state index contributed by atoms with van der Waals surface area (Å²) in [4.78, 5) is 56.2. The average molecular weight is 544 g/mol. The lowest BCUT2D eigenvalue weighted by Crippen LogP contribution is -2.33. The number of phosphoric acid groups is 1. The van der Waals surface area contributed by atoms with Crippen molar-refractivity contribution in [3.05, 3.63) is 76.9 Å². The Kier molecular flexibility index (Phi) is 7.66. The van der Waals surface area contributed by atoms with E-state index in [1.807, 2.05) is 4.98 Å². The van der Waals surface area contributed by atoms with Gasteiger partial charge in [0.15, 0.2) is 5.75 Å². The summed E-state index contributed by atoms with van der Waals surface area (Å²) in [5, 5.41) is 12.5. The van der Waals surface area contributed by atoms with Crippen molar-refractivity contribution in [2.45, 2.75) is 26.5 Å². The van der Waals surface area contributed by atoms with Gasteiger partial charge in [-0.3, -0.25) is 23.7 Å². The second kappa shape index (κ2) is 10.2. The number of aromatic nitrogens is 4. The zero-order chi connectivity index (χ0) is 26.1. The third kappa shape index (κ3) is 6.07. The monoisotopic (exact) mass is 543 g/mol. The van der Waals surface area contributed by atoms with Crippen LogP contribution in [0.2, 0.25) is 10.0 Å². The molecular formula is C19H16Cl2N5O8P. The molecule has 3 aromatic rings. The number of H-pyrrole nitrogens is 1. The van der Waals surface area contributed by atoms with Gasteiger partial charge in [0, 0.05) is 5.56 Å². The summed E-state index contributed by atoms with van der Waals surface area (Å²) in [5.41, 5.74) is -2.72. The summed E-state index contributed by atoms with van der Waals surface area (Å²) in [6.07, 6.45) is 1.15. The Morgan fingerprint density at radius 2 is 1.83 bits per heavy atom. The van der Waals surface area contributed by atoms with Gasteiger partial charge < -0.3 is 14.5 Å². The van der Waals surface area contributed by atoms with E-state index in [2.05, 4.69) is 9.62 Å². The van der Waals surface area contributed by atoms with Crippen LogP contribution in [0.5, 0.6) is 11.5 Å².